The van der Waals surface area contributed by atoms with Crippen molar-refractivity contribution in [3.8, 4) is 11.5 Å². The van der Waals surface area contributed by atoms with Crippen molar-refractivity contribution < 1.29 is 19.0 Å². The Hall–Kier alpha value is -2.80. The molecule has 2 heterocycles. The molecule has 0 aliphatic carbocycles. The van der Waals surface area contributed by atoms with Gasteiger partial charge in [-0.05, 0) is 44.3 Å². The summed E-state index contributed by atoms with van der Waals surface area (Å²) in [5, 5.41) is 3.83. The van der Waals surface area contributed by atoms with E-state index in [4.69, 9.17) is 26.4 Å². The van der Waals surface area contributed by atoms with Crippen LogP contribution in [0.5, 0.6) is 11.5 Å². The molecule has 1 saturated heterocycles. The molecule has 0 spiro atoms. The number of nitrogens with zero attached hydrogens (tertiary/aromatic N) is 1. The number of carbonyl (C=O) groups excluding carboxylic acids is 1. The standard InChI is InChI=1S/C21H22N2O4S/c1-4-26-19(24)16-17-14-11-8-12-15(25-3)18(14)27-21(16,2)23(20(28)22-17)13-9-6-5-7-10-13/h5-12,16-17H,4H2,1-3H3,(H,22,28)/t16-,17-,21-/m0/s1. The highest BCUT2D eigenvalue weighted by atomic mass is 32.1. The highest BCUT2D eigenvalue weighted by Gasteiger charge is 2.60. The molecule has 2 aromatic rings. The van der Waals surface area contributed by atoms with Crippen LogP contribution in [0.4, 0.5) is 5.69 Å². The van der Waals surface area contributed by atoms with E-state index in [-0.39, 0.29) is 12.0 Å². The van der Waals surface area contributed by atoms with Gasteiger partial charge in [0.25, 0.3) is 0 Å². The molecule has 3 atom stereocenters. The summed E-state index contributed by atoms with van der Waals surface area (Å²) in [5.74, 6) is 0.256. The maximum atomic E-state index is 13.0. The highest BCUT2D eigenvalue weighted by Crippen LogP contribution is 2.52. The summed E-state index contributed by atoms with van der Waals surface area (Å²) in [7, 11) is 1.60. The van der Waals surface area contributed by atoms with Crippen LogP contribution in [-0.2, 0) is 9.53 Å². The molecule has 0 radical (unpaired) electrons. The molecule has 0 saturated carbocycles. The second-order valence-corrected chi connectivity index (χ2v) is 7.25. The van der Waals surface area contributed by atoms with Crippen molar-refractivity contribution in [3.05, 3.63) is 54.1 Å². The molecule has 1 fully saturated rings. The van der Waals surface area contributed by atoms with Crippen molar-refractivity contribution >= 4 is 29.0 Å². The third-order valence-corrected chi connectivity index (χ3v) is 5.56. The van der Waals surface area contributed by atoms with E-state index in [9.17, 15) is 4.79 Å². The van der Waals surface area contributed by atoms with Crippen LogP contribution in [0.1, 0.15) is 25.5 Å². The van der Waals surface area contributed by atoms with Gasteiger partial charge in [0.2, 0.25) is 5.72 Å². The molecule has 2 aliphatic rings. The number of hydrogen-bond donors (Lipinski definition) is 1. The quantitative estimate of drug-likeness (QED) is 0.625. The van der Waals surface area contributed by atoms with E-state index >= 15 is 0 Å². The first-order chi connectivity index (χ1) is 13.5. The normalized spacial score (nSPS) is 25.2. The first kappa shape index (κ1) is 18.6. The van der Waals surface area contributed by atoms with E-state index in [2.05, 4.69) is 5.32 Å². The van der Waals surface area contributed by atoms with Crippen molar-refractivity contribution in [2.75, 3.05) is 18.6 Å². The van der Waals surface area contributed by atoms with Gasteiger partial charge in [0.1, 0.15) is 5.92 Å². The lowest BCUT2D eigenvalue weighted by molar-refractivity contribution is -0.159. The number of ether oxygens (including phenoxy) is 3. The van der Waals surface area contributed by atoms with Crippen LogP contribution in [0, 0.1) is 5.92 Å². The van der Waals surface area contributed by atoms with Crippen LogP contribution in [0.15, 0.2) is 48.5 Å². The average Bonchev–Trinajstić information content (AvgIpc) is 2.68. The predicted molar refractivity (Wildman–Crippen MR) is 110 cm³/mol. The predicted octanol–water partition coefficient (Wildman–Crippen LogP) is 3.42. The number of anilines is 1. The molecule has 0 aromatic heterocycles. The van der Waals surface area contributed by atoms with Gasteiger partial charge in [-0.15, -0.1) is 0 Å². The van der Waals surface area contributed by atoms with Crippen molar-refractivity contribution in [3.63, 3.8) is 0 Å². The summed E-state index contributed by atoms with van der Waals surface area (Å²) in [6, 6.07) is 14.9. The van der Waals surface area contributed by atoms with Crippen molar-refractivity contribution in [1.29, 1.82) is 0 Å². The minimum Gasteiger partial charge on any atom is -0.493 e. The number of fused-ring (bicyclic) bond motifs is 4. The Morgan fingerprint density at radius 1 is 1.25 bits per heavy atom. The number of esters is 1. The number of carbonyl (C=O) groups is 1. The fraction of sp³-hybridized carbons (Fsp3) is 0.333. The Kier molecular flexibility index (Phi) is 4.63. The maximum absolute atomic E-state index is 13.0. The van der Waals surface area contributed by atoms with Crippen molar-refractivity contribution in [1.82, 2.24) is 5.32 Å². The lowest BCUT2D eigenvalue weighted by atomic mass is 9.79. The number of benzene rings is 2. The summed E-state index contributed by atoms with van der Waals surface area (Å²) < 4.78 is 17.4. The highest BCUT2D eigenvalue weighted by molar-refractivity contribution is 7.80. The first-order valence-electron chi connectivity index (χ1n) is 9.19. The monoisotopic (exact) mass is 398 g/mol. The number of rotatable bonds is 4. The largest absolute Gasteiger partial charge is 0.493 e. The van der Waals surface area contributed by atoms with Gasteiger partial charge in [-0.25, -0.2) is 0 Å². The number of nitrogens with one attached hydrogen (secondary N) is 1. The summed E-state index contributed by atoms with van der Waals surface area (Å²) in [6.07, 6.45) is 0. The van der Waals surface area contributed by atoms with Gasteiger partial charge < -0.3 is 19.5 Å². The Labute approximate surface area is 169 Å². The van der Waals surface area contributed by atoms with E-state index in [1.54, 1.807) is 14.0 Å². The van der Waals surface area contributed by atoms with Crippen LogP contribution < -0.4 is 19.7 Å². The SMILES string of the molecule is CCOC(=O)[C@@H]1[C@H]2NC(=S)N(c3ccccc3)[C@@]1(C)Oc1c(OC)cccc12. The van der Waals surface area contributed by atoms with Crippen LogP contribution in [0.2, 0.25) is 0 Å². The summed E-state index contributed by atoms with van der Waals surface area (Å²) in [4.78, 5) is 14.9. The zero-order valence-corrected chi connectivity index (χ0v) is 16.8. The molecule has 2 bridgehead atoms. The van der Waals surface area contributed by atoms with Crippen LogP contribution >= 0.6 is 12.2 Å². The second-order valence-electron chi connectivity index (χ2n) is 6.86. The lowest BCUT2D eigenvalue weighted by Crippen LogP contribution is -2.71. The first-order valence-corrected chi connectivity index (χ1v) is 9.60. The lowest BCUT2D eigenvalue weighted by Gasteiger charge is -2.55. The van der Waals surface area contributed by atoms with Gasteiger partial charge in [0.15, 0.2) is 16.6 Å². The molecule has 2 aromatic carbocycles. The van der Waals surface area contributed by atoms with E-state index < -0.39 is 11.6 Å². The Balaban J connectivity index is 1.92. The summed E-state index contributed by atoms with van der Waals surface area (Å²) in [6.45, 7) is 3.96. The number of methoxy groups -OCH3 is 1. The van der Waals surface area contributed by atoms with Gasteiger partial charge >= 0.3 is 5.97 Å². The Morgan fingerprint density at radius 2 is 2.00 bits per heavy atom. The third kappa shape index (κ3) is 2.69. The zero-order chi connectivity index (χ0) is 19.9. The smallest absolute Gasteiger partial charge is 0.317 e. The zero-order valence-electron chi connectivity index (χ0n) is 16.0. The molecular formula is C21H22N2O4S. The molecule has 2 aliphatic heterocycles. The fourth-order valence-electron chi connectivity index (χ4n) is 4.09. The molecule has 146 valence electrons. The van der Waals surface area contributed by atoms with Crippen molar-refractivity contribution in [2.24, 2.45) is 5.92 Å². The second kappa shape index (κ2) is 6.98. The number of para-hydroxylation sites is 2. The van der Waals surface area contributed by atoms with Crippen molar-refractivity contribution in [2.45, 2.75) is 25.6 Å². The van der Waals surface area contributed by atoms with E-state index in [0.717, 1.165) is 11.3 Å². The van der Waals surface area contributed by atoms with E-state index in [1.165, 1.54) is 0 Å². The minimum absolute atomic E-state index is 0.291. The fourth-order valence-corrected chi connectivity index (χ4v) is 4.50. The van der Waals surface area contributed by atoms with E-state index in [1.807, 2.05) is 60.4 Å². The summed E-state index contributed by atoms with van der Waals surface area (Å²) in [5.41, 5.74) is 0.570. The van der Waals surface area contributed by atoms with Crippen LogP contribution in [0.3, 0.4) is 0 Å². The van der Waals surface area contributed by atoms with Gasteiger partial charge in [0.05, 0.1) is 19.8 Å². The third-order valence-electron chi connectivity index (χ3n) is 5.26. The number of thiocarbonyl (C=S) groups is 1. The van der Waals surface area contributed by atoms with Gasteiger partial charge in [-0.1, -0.05) is 30.3 Å². The molecule has 4 rings (SSSR count). The topological polar surface area (TPSA) is 60.0 Å². The van der Waals surface area contributed by atoms with Gasteiger partial charge in [0, 0.05) is 11.3 Å². The Bertz CT molecular complexity index is 920. The van der Waals surface area contributed by atoms with Gasteiger partial charge in [-0.3, -0.25) is 9.69 Å². The molecular weight excluding hydrogens is 376 g/mol. The Morgan fingerprint density at radius 3 is 2.68 bits per heavy atom. The average molecular weight is 398 g/mol. The van der Waals surface area contributed by atoms with Crippen LogP contribution in [-0.4, -0.2) is 30.5 Å². The number of hydrogen-bond acceptors (Lipinski definition) is 5. The molecule has 6 nitrogen and oxygen atoms in total. The maximum Gasteiger partial charge on any atom is 0.317 e. The molecule has 7 heteroatoms. The van der Waals surface area contributed by atoms with Crippen LogP contribution in [0.25, 0.3) is 0 Å². The van der Waals surface area contributed by atoms with E-state index in [0.29, 0.717) is 23.2 Å². The molecule has 0 amide bonds. The van der Waals surface area contributed by atoms with Gasteiger partial charge in [-0.2, -0.15) is 0 Å². The molecule has 28 heavy (non-hydrogen) atoms. The molecule has 0 unspecified atom stereocenters. The minimum atomic E-state index is -1.08. The summed E-state index contributed by atoms with van der Waals surface area (Å²) >= 11 is 5.68. The molecule has 1 N–H and O–H groups in total.